The SMILES string of the molecule is C#Cc1ccccc1C(=O)O.C[Si](C)(C)c1ccc2cc1OC2. The van der Waals surface area contributed by atoms with E-state index in [0.717, 1.165) is 12.4 Å². The standard InChI is InChI=1S/C10H14OSi.C9H6O2/c1-12(2,3)10-5-4-8-6-9(10)11-7-8;1-2-7-5-3-4-6-8(7)9(10)11/h4-6H,7H2,1-3H3;1,3-6H,(H,10,11). The molecule has 0 radical (unpaired) electrons. The third-order valence-electron chi connectivity index (χ3n) is 3.56. The molecule has 0 aromatic heterocycles. The van der Waals surface area contributed by atoms with Crippen LogP contribution >= 0.6 is 0 Å². The molecule has 3 rings (SSSR count). The number of carbonyl (C=O) groups is 1. The largest absolute Gasteiger partial charge is 0.489 e. The van der Waals surface area contributed by atoms with Gasteiger partial charge in [-0.15, -0.1) is 6.42 Å². The molecule has 1 aliphatic rings. The summed E-state index contributed by atoms with van der Waals surface area (Å²) in [7, 11) is -1.19. The molecule has 0 atom stereocenters. The lowest BCUT2D eigenvalue weighted by atomic mass is 10.1. The van der Waals surface area contributed by atoms with Crippen molar-refractivity contribution in [3.05, 3.63) is 59.2 Å². The van der Waals surface area contributed by atoms with Gasteiger partial charge < -0.3 is 9.84 Å². The van der Waals surface area contributed by atoms with Gasteiger partial charge in [0.25, 0.3) is 0 Å². The van der Waals surface area contributed by atoms with Crippen LogP contribution in [-0.4, -0.2) is 19.1 Å². The van der Waals surface area contributed by atoms with E-state index in [9.17, 15) is 4.79 Å². The fourth-order valence-electron chi connectivity index (χ4n) is 2.35. The lowest BCUT2D eigenvalue weighted by Gasteiger charge is -2.17. The predicted molar refractivity (Wildman–Crippen MR) is 95.1 cm³/mol. The average molecular weight is 324 g/mol. The highest BCUT2D eigenvalue weighted by atomic mass is 28.3. The minimum absolute atomic E-state index is 0.176. The Hall–Kier alpha value is -2.51. The smallest absolute Gasteiger partial charge is 0.336 e. The Bertz CT molecular complexity index is 767. The first-order valence-corrected chi connectivity index (χ1v) is 10.9. The van der Waals surface area contributed by atoms with Gasteiger partial charge in [0.15, 0.2) is 0 Å². The molecule has 0 saturated heterocycles. The van der Waals surface area contributed by atoms with Gasteiger partial charge in [0, 0.05) is 5.56 Å². The van der Waals surface area contributed by atoms with E-state index < -0.39 is 14.0 Å². The summed E-state index contributed by atoms with van der Waals surface area (Å²) in [6.07, 6.45) is 5.08. The molecule has 2 aromatic rings. The Morgan fingerprint density at radius 1 is 1.22 bits per heavy atom. The van der Waals surface area contributed by atoms with Gasteiger partial charge in [-0.3, -0.25) is 0 Å². The van der Waals surface area contributed by atoms with Crippen molar-refractivity contribution in [2.24, 2.45) is 0 Å². The maximum atomic E-state index is 10.5. The lowest BCUT2D eigenvalue weighted by Crippen LogP contribution is -2.37. The molecule has 0 fully saturated rings. The topological polar surface area (TPSA) is 46.5 Å². The molecule has 1 aliphatic heterocycles. The fraction of sp³-hybridized carbons (Fsp3) is 0.211. The van der Waals surface area contributed by atoms with Gasteiger partial charge in [0.2, 0.25) is 0 Å². The monoisotopic (exact) mass is 324 g/mol. The number of hydrogen-bond donors (Lipinski definition) is 1. The van der Waals surface area contributed by atoms with Gasteiger partial charge in [0.05, 0.1) is 13.6 Å². The van der Waals surface area contributed by atoms with Crippen molar-refractivity contribution in [3.8, 4) is 18.1 Å². The van der Waals surface area contributed by atoms with Crippen LogP contribution in [0.5, 0.6) is 5.75 Å². The van der Waals surface area contributed by atoms with Gasteiger partial charge in [-0.25, -0.2) is 4.79 Å². The molecule has 2 aromatic carbocycles. The van der Waals surface area contributed by atoms with Crippen molar-refractivity contribution in [2.75, 3.05) is 0 Å². The van der Waals surface area contributed by atoms with Crippen LogP contribution in [-0.2, 0) is 6.61 Å². The van der Waals surface area contributed by atoms with Gasteiger partial charge in [-0.05, 0) is 28.9 Å². The van der Waals surface area contributed by atoms with Crippen molar-refractivity contribution in [1.82, 2.24) is 0 Å². The molecule has 4 heteroatoms. The Morgan fingerprint density at radius 3 is 2.48 bits per heavy atom. The highest BCUT2D eigenvalue weighted by Gasteiger charge is 2.23. The number of terminal acetylenes is 1. The van der Waals surface area contributed by atoms with Gasteiger partial charge in [0.1, 0.15) is 12.4 Å². The summed E-state index contributed by atoms with van der Waals surface area (Å²) in [6.45, 7) is 7.82. The molecule has 1 N–H and O–H groups in total. The first kappa shape index (κ1) is 16.9. The zero-order valence-corrected chi connectivity index (χ0v) is 14.6. The average Bonchev–Trinajstić information content (AvgIpc) is 2.87. The molecule has 0 spiro atoms. The molecule has 23 heavy (non-hydrogen) atoms. The summed E-state index contributed by atoms with van der Waals surface area (Å²) in [6, 6.07) is 13.0. The van der Waals surface area contributed by atoms with Crippen LogP contribution in [0.15, 0.2) is 42.5 Å². The predicted octanol–water partition coefficient (Wildman–Crippen LogP) is 3.49. The second kappa shape index (κ2) is 6.72. The Kier molecular flexibility index (Phi) is 4.92. The highest BCUT2D eigenvalue weighted by molar-refractivity contribution is 6.89. The van der Waals surface area contributed by atoms with Crippen molar-refractivity contribution >= 4 is 19.2 Å². The van der Waals surface area contributed by atoms with E-state index in [1.165, 1.54) is 16.8 Å². The number of rotatable bonds is 2. The van der Waals surface area contributed by atoms with Crippen LogP contribution in [0.25, 0.3) is 0 Å². The first-order chi connectivity index (χ1) is 10.8. The number of hydrogen-bond acceptors (Lipinski definition) is 2. The quantitative estimate of drug-likeness (QED) is 0.679. The number of aromatic carboxylic acids is 1. The summed E-state index contributed by atoms with van der Waals surface area (Å²) in [5, 5.41) is 10.0. The van der Waals surface area contributed by atoms with Crippen molar-refractivity contribution in [3.63, 3.8) is 0 Å². The van der Waals surface area contributed by atoms with Crippen molar-refractivity contribution < 1.29 is 14.6 Å². The van der Waals surface area contributed by atoms with Crippen LogP contribution in [0.1, 0.15) is 21.5 Å². The number of carboxylic acids is 1. The van der Waals surface area contributed by atoms with Gasteiger partial charge in [-0.1, -0.05) is 49.8 Å². The molecular formula is C19H20O3Si. The van der Waals surface area contributed by atoms with Crippen LogP contribution in [0, 0.1) is 12.3 Å². The van der Waals surface area contributed by atoms with Crippen LogP contribution < -0.4 is 9.92 Å². The molecule has 2 bridgehead atoms. The first-order valence-electron chi connectivity index (χ1n) is 7.38. The molecule has 118 valence electrons. The van der Waals surface area contributed by atoms with E-state index in [2.05, 4.69) is 43.8 Å². The van der Waals surface area contributed by atoms with Crippen molar-refractivity contribution in [1.29, 1.82) is 0 Å². The van der Waals surface area contributed by atoms with Crippen LogP contribution in [0.4, 0.5) is 0 Å². The van der Waals surface area contributed by atoms with E-state index in [-0.39, 0.29) is 5.56 Å². The third kappa shape index (κ3) is 4.02. The zero-order valence-electron chi connectivity index (χ0n) is 13.6. The zero-order chi connectivity index (χ0) is 17.0. The second-order valence-electron chi connectivity index (χ2n) is 6.36. The molecule has 0 amide bonds. The number of carboxylic acid groups (broad SMARTS) is 1. The molecule has 0 unspecified atom stereocenters. The maximum absolute atomic E-state index is 10.5. The summed E-state index contributed by atoms with van der Waals surface area (Å²) in [5.74, 6) is 2.44. The molecule has 0 saturated carbocycles. The summed E-state index contributed by atoms with van der Waals surface area (Å²) in [5.41, 5.74) is 1.90. The summed E-state index contributed by atoms with van der Waals surface area (Å²) >= 11 is 0. The van der Waals surface area contributed by atoms with Gasteiger partial charge >= 0.3 is 5.97 Å². The van der Waals surface area contributed by atoms with Crippen molar-refractivity contribution in [2.45, 2.75) is 26.2 Å². The number of ether oxygens (including phenoxy) is 1. The molecule has 0 aliphatic carbocycles. The molecule has 3 nitrogen and oxygen atoms in total. The Balaban J connectivity index is 0.000000168. The molecule has 1 heterocycles. The van der Waals surface area contributed by atoms with Crippen LogP contribution in [0.3, 0.4) is 0 Å². The van der Waals surface area contributed by atoms with E-state index in [0.29, 0.717) is 5.56 Å². The minimum atomic E-state index is -1.19. The fourth-order valence-corrected chi connectivity index (χ4v) is 3.82. The number of fused-ring (bicyclic) bond motifs is 2. The summed E-state index contributed by atoms with van der Waals surface area (Å²) in [4.78, 5) is 10.5. The number of benzene rings is 2. The van der Waals surface area contributed by atoms with E-state index in [1.54, 1.807) is 18.2 Å². The van der Waals surface area contributed by atoms with E-state index in [1.807, 2.05) is 0 Å². The normalized spacial score (nSPS) is 11.7. The third-order valence-corrected chi connectivity index (χ3v) is 5.59. The highest BCUT2D eigenvalue weighted by Crippen LogP contribution is 2.23. The summed E-state index contributed by atoms with van der Waals surface area (Å²) < 4.78 is 5.58. The van der Waals surface area contributed by atoms with Gasteiger partial charge in [-0.2, -0.15) is 0 Å². The van der Waals surface area contributed by atoms with E-state index >= 15 is 0 Å². The van der Waals surface area contributed by atoms with E-state index in [4.69, 9.17) is 16.3 Å². The molecular weight excluding hydrogens is 304 g/mol. The minimum Gasteiger partial charge on any atom is -0.489 e. The van der Waals surface area contributed by atoms with Crippen LogP contribution in [0.2, 0.25) is 19.6 Å². The maximum Gasteiger partial charge on any atom is 0.336 e. The Morgan fingerprint density at radius 2 is 1.91 bits per heavy atom. The lowest BCUT2D eigenvalue weighted by molar-refractivity contribution is 0.0696. The Labute approximate surface area is 137 Å². The second-order valence-corrected chi connectivity index (χ2v) is 11.4.